The van der Waals surface area contributed by atoms with E-state index in [9.17, 15) is 9.59 Å². The van der Waals surface area contributed by atoms with E-state index in [0.29, 0.717) is 37.7 Å². The fourth-order valence-electron chi connectivity index (χ4n) is 3.62. The number of hydrogen-bond donors (Lipinski definition) is 1. The quantitative estimate of drug-likeness (QED) is 0.840. The zero-order valence-corrected chi connectivity index (χ0v) is 15.6. The Morgan fingerprint density at radius 1 is 1.33 bits per heavy atom. The Bertz CT molecular complexity index is 842. The van der Waals surface area contributed by atoms with Crippen LogP contribution in [0.3, 0.4) is 0 Å². The lowest BCUT2D eigenvalue weighted by Crippen LogP contribution is -2.38. The number of fused-ring (bicyclic) bond motifs is 1. The first-order valence-corrected chi connectivity index (χ1v) is 9.69. The SMILES string of the molecule is CCNC(=O)c1nn(CC2CC2)c2c1CN(C(=O)Cc1cccnc1)CC2. The second-order valence-electron chi connectivity index (χ2n) is 7.36. The summed E-state index contributed by atoms with van der Waals surface area (Å²) < 4.78 is 2.01. The molecule has 2 aromatic rings. The molecule has 4 rings (SSSR count). The second kappa shape index (κ2) is 7.50. The van der Waals surface area contributed by atoms with Gasteiger partial charge < -0.3 is 10.2 Å². The summed E-state index contributed by atoms with van der Waals surface area (Å²) in [6.07, 6.45) is 6.97. The third kappa shape index (κ3) is 3.86. The zero-order valence-electron chi connectivity index (χ0n) is 15.6. The van der Waals surface area contributed by atoms with Crippen molar-refractivity contribution in [1.29, 1.82) is 0 Å². The molecule has 0 saturated heterocycles. The van der Waals surface area contributed by atoms with E-state index in [-0.39, 0.29) is 11.8 Å². The summed E-state index contributed by atoms with van der Waals surface area (Å²) in [4.78, 5) is 31.2. The molecule has 1 saturated carbocycles. The molecule has 0 bridgehead atoms. The summed E-state index contributed by atoms with van der Waals surface area (Å²) >= 11 is 0. The topological polar surface area (TPSA) is 80.1 Å². The zero-order chi connectivity index (χ0) is 18.8. The molecular weight excluding hydrogens is 342 g/mol. The van der Waals surface area contributed by atoms with E-state index in [2.05, 4.69) is 15.4 Å². The first-order chi connectivity index (χ1) is 13.2. The van der Waals surface area contributed by atoms with Gasteiger partial charge >= 0.3 is 0 Å². The summed E-state index contributed by atoms with van der Waals surface area (Å²) in [6, 6.07) is 3.75. The van der Waals surface area contributed by atoms with E-state index in [1.807, 2.05) is 28.6 Å². The van der Waals surface area contributed by atoms with Gasteiger partial charge in [0.25, 0.3) is 5.91 Å². The number of hydrogen-bond acceptors (Lipinski definition) is 4. The van der Waals surface area contributed by atoms with Crippen molar-refractivity contribution in [2.75, 3.05) is 13.1 Å². The molecule has 1 aliphatic heterocycles. The number of carbonyl (C=O) groups is 2. The Kier molecular flexibility index (Phi) is 4.92. The first-order valence-electron chi connectivity index (χ1n) is 9.69. The van der Waals surface area contributed by atoms with Gasteiger partial charge in [0.05, 0.1) is 6.42 Å². The molecule has 2 amide bonds. The minimum atomic E-state index is -0.148. The van der Waals surface area contributed by atoms with Crippen molar-refractivity contribution in [3.63, 3.8) is 0 Å². The molecule has 7 heteroatoms. The summed E-state index contributed by atoms with van der Waals surface area (Å²) in [6.45, 7) is 4.45. The molecule has 7 nitrogen and oxygen atoms in total. The number of nitrogens with one attached hydrogen (secondary N) is 1. The van der Waals surface area contributed by atoms with Gasteiger partial charge in [-0.3, -0.25) is 19.3 Å². The fourth-order valence-corrected chi connectivity index (χ4v) is 3.62. The van der Waals surface area contributed by atoms with Crippen molar-refractivity contribution in [1.82, 2.24) is 25.0 Å². The van der Waals surface area contributed by atoms with Crippen molar-refractivity contribution in [2.45, 2.75) is 45.7 Å². The summed E-state index contributed by atoms with van der Waals surface area (Å²) in [5.41, 5.74) is 3.41. The van der Waals surface area contributed by atoms with Crippen molar-refractivity contribution in [3.05, 3.63) is 47.0 Å². The Hall–Kier alpha value is -2.70. The second-order valence-corrected chi connectivity index (χ2v) is 7.36. The van der Waals surface area contributed by atoms with Crippen LogP contribution < -0.4 is 5.32 Å². The van der Waals surface area contributed by atoms with Crippen LogP contribution in [0.4, 0.5) is 0 Å². The highest BCUT2D eigenvalue weighted by Gasteiger charge is 2.32. The minimum absolute atomic E-state index is 0.0606. The highest BCUT2D eigenvalue weighted by molar-refractivity contribution is 5.94. The number of pyridine rings is 1. The molecule has 0 aromatic carbocycles. The van der Waals surface area contributed by atoms with Gasteiger partial charge in [-0.15, -0.1) is 0 Å². The average molecular weight is 367 g/mol. The van der Waals surface area contributed by atoms with Crippen LogP contribution in [0.25, 0.3) is 0 Å². The van der Waals surface area contributed by atoms with Crippen LogP contribution in [0, 0.1) is 5.92 Å². The van der Waals surface area contributed by atoms with Crippen LogP contribution in [0.15, 0.2) is 24.5 Å². The van der Waals surface area contributed by atoms with Crippen LogP contribution >= 0.6 is 0 Å². The lowest BCUT2D eigenvalue weighted by Gasteiger charge is -2.28. The molecule has 2 aromatic heterocycles. The lowest BCUT2D eigenvalue weighted by molar-refractivity contribution is -0.131. The smallest absolute Gasteiger partial charge is 0.272 e. The number of carbonyl (C=O) groups excluding carboxylic acids is 2. The number of amides is 2. The summed E-state index contributed by atoms with van der Waals surface area (Å²) in [5.74, 6) is 0.594. The molecule has 0 spiro atoms. The molecular formula is C20H25N5O2. The molecule has 1 N–H and O–H groups in total. The van der Waals surface area contributed by atoms with Crippen LogP contribution in [0.1, 0.15) is 47.1 Å². The lowest BCUT2D eigenvalue weighted by atomic mass is 10.0. The molecule has 27 heavy (non-hydrogen) atoms. The Balaban J connectivity index is 1.55. The van der Waals surface area contributed by atoms with E-state index >= 15 is 0 Å². The third-order valence-corrected chi connectivity index (χ3v) is 5.25. The third-order valence-electron chi connectivity index (χ3n) is 5.25. The normalized spacial score (nSPS) is 16.1. The van der Waals surface area contributed by atoms with Gasteiger partial charge in [-0.05, 0) is 37.3 Å². The van der Waals surface area contributed by atoms with Crippen molar-refractivity contribution < 1.29 is 9.59 Å². The van der Waals surface area contributed by atoms with Crippen molar-refractivity contribution in [2.24, 2.45) is 5.92 Å². The molecule has 0 unspecified atom stereocenters. The first kappa shape index (κ1) is 17.7. The average Bonchev–Trinajstić information content (AvgIpc) is 3.42. The van der Waals surface area contributed by atoms with E-state index in [0.717, 1.165) is 29.8 Å². The maximum Gasteiger partial charge on any atom is 0.272 e. The van der Waals surface area contributed by atoms with Gasteiger partial charge in [0.15, 0.2) is 5.69 Å². The minimum Gasteiger partial charge on any atom is -0.351 e. The van der Waals surface area contributed by atoms with Gasteiger partial charge in [-0.1, -0.05) is 6.07 Å². The Morgan fingerprint density at radius 2 is 2.19 bits per heavy atom. The maximum atomic E-state index is 12.7. The number of rotatable bonds is 6. The monoisotopic (exact) mass is 367 g/mol. The Morgan fingerprint density at radius 3 is 2.89 bits per heavy atom. The maximum absolute atomic E-state index is 12.7. The van der Waals surface area contributed by atoms with Gasteiger partial charge in [-0.25, -0.2) is 0 Å². The Labute approximate surface area is 158 Å². The molecule has 0 atom stereocenters. The van der Waals surface area contributed by atoms with E-state index in [1.165, 1.54) is 12.8 Å². The molecule has 2 aliphatic rings. The molecule has 1 fully saturated rings. The predicted molar refractivity (Wildman–Crippen MR) is 100 cm³/mol. The van der Waals surface area contributed by atoms with Crippen LogP contribution in [-0.4, -0.2) is 44.6 Å². The number of aromatic nitrogens is 3. The van der Waals surface area contributed by atoms with E-state index < -0.39 is 0 Å². The molecule has 0 radical (unpaired) electrons. The van der Waals surface area contributed by atoms with Crippen molar-refractivity contribution in [3.8, 4) is 0 Å². The van der Waals surface area contributed by atoms with Crippen molar-refractivity contribution >= 4 is 11.8 Å². The van der Waals surface area contributed by atoms with Crippen LogP contribution in [0.2, 0.25) is 0 Å². The van der Waals surface area contributed by atoms with E-state index in [4.69, 9.17) is 0 Å². The van der Waals surface area contributed by atoms with Gasteiger partial charge in [0, 0.05) is 56.3 Å². The fraction of sp³-hybridized carbons (Fsp3) is 0.500. The summed E-state index contributed by atoms with van der Waals surface area (Å²) in [5, 5.41) is 7.48. The van der Waals surface area contributed by atoms with Gasteiger partial charge in [0.1, 0.15) is 0 Å². The molecule has 142 valence electrons. The van der Waals surface area contributed by atoms with Gasteiger partial charge in [-0.2, -0.15) is 5.10 Å². The largest absolute Gasteiger partial charge is 0.351 e. The number of nitrogens with zero attached hydrogens (tertiary/aromatic N) is 4. The highest BCUT2D eigenvalue weighted by Crippen LogP contribution is 2.32. The summed E-state index contributed by atoms with van der Waals surface area (Å²) in [7, 11) is 0. The highest BCUT2D eigenvalue weighted by atomic mass is 16.2. The standard InChI is InChI=1S/C20H25N5O2/c1-2-22-20(27)19-16-13-24(18(26)10-15-4-3-8-21-11-15)9-7-17(16)25(23-19)12-14-5-6-14/h3-4,8,11,14H,2,5-7,9-10,12-13H2,1H3,(H,22,27). The van der Waals surface area contributed by atoms with Crippen LogP contribution in [0.5, 0.6) is 0 Å². The predicted octanol–water partition coefficient (Wildman–Crippen LogP) is 1.57. The van der Waals surface area contributed by atoms with Crippen LogP contribution in [-0.2, 0) is 30.7 Å². The molecule has 1 aliphatic carbocycles. The van der Waals surface area contributed by atoms with E-state index in [1.54, 1.807) is 12.4 Å². The van der Waals surface area contributed by atoms with Gasteiger partial charge in [0.2, 0.25) is 5.91 Å². The molecule has 3 heterocycles.